The summed E-state index contributed by atoms with van der Waals surface area (Å²) in [5.41, 5.74) is 2.28. The van der Waals surface area contributed by atoms with Gasteiger partial charge in [-0.3, -0.25) is 4.79 Å². The van der Waals surface area contributed by atoms with Crippen LogP contribution in [0.5, 0.6) is 23.0 Å². The Morgan fingerprint density at radius 3 is 2.61 bits per heavy atom. The molecular formula is C22H25N3O5S. The first kappa shape index (κ1) is 22.2. The van der Waals surface area contributed by atoms with Crippen molar-refractivity contribution in [2.24, 2.45) is 0 Å². The van der Waals surface area contributed by atoms with Crippen molar-refractivity contribution in [2.75, 3.05) is 26.1 Å². The summed E-state index contributed by atoms with van der Waals surface area (Å²) in [5.74, 6) is 1.11. The number of amides is 1. The van der Waals surface area contributed by atoms with Crippen LogP contribution >= 0.6 is 12.2 Å². The molecule has 1 amide bonds. The summed E-state index contributed by atoms with van der Waals surface area (Å²) in [4.78, 5) is 13.3. The minimum atomic E-state index is -0.544. The number of phenols is 1. The zero-order chi connectivity index (χ0) is 22.5. The van der Waals surface area contributed by atoms with Crippen molar-refractivity contribution >= 4 is 28.9 Å². The second kappa shape index (κ2) is 9.57. The van der Waals surface area contributed by atoms with Crippen molar-refractivity contribution < 1.29 is 24.1 Å². The molecule has 0 fully saturated rings. The molecule has 31 heavy (non-hydrogen) atoms. The Kier molecular flexibility index (Phi) is 6.86. The van der Waals surface area contributed by atoms with Crippen molar-refractivity contribution in [1.29, 1.82) is 0 Å². The second-order valence-corrected chi connectivity index (χ2v) is 7.16. The third kappa shape index (κ3) is 4.83. The number of anilines is 1. The predicted octanol–water partition coefficient (Wildman–Crippen LogP) is 3.24. The van der Waals surface area contributed by atoms with E-state index in [1.54, 1.807) is 44.4 Å². The summed E-state index contributed by atoms with van der Waals surface area (Å²) in [6, 6.07) is 9.54. The molecule has 0 radical (unpaired) electrons. The third-order valence-electron chi connectivity index (χ3n) is 4.79. The molecule has 0 spiro atoms. The molecule has 4 N–H and O–H groups in total. The first-order chi connectivity index (χ1) is 14.9. The first-order valence-electron chi connectivity index (χ1n) is 9.65. The number of benzene rings is 2. The van der Waals surface area contributed by atoms with Gasteiger partial charge in [0.1, 0.15) is 11.5 Å². The lowest BCUT2D eigenvalue weighted by Crippen LogP contribution is -2.45. The molecule has 1 aliphatic rings. The van der Waals surface area contributed by atoms with E-state index in [1.165, 1.54) is 13.2 Å². The average Bonchev–Trinajstić information content (AvgIpc) is 2.75. The van der Waals surface area contributed by atoms with E-state index in [0.29, 0.717) is 45.9 Å². The van der Waals surface area contributed by atoms with E-state index in [4.69, 9.17) is 26.4 Å². The van der Waals surface area contributed by atoms with Gasteiger partial charge in [-0.2, -0.15) is 0 Å². The number of hydrogen-bond donors (Lipinski definition) is 4. The van der Waals surface area contributed by atoms with Gasteiger partial charge in [0.05, 0.1) is 38.1 Å². The van der Waals surface area contributed by atoms with E-state index >= 15 is 0 Å². The van der Waals surface area contributed by atoms with Crippen molar-refractivity contribution in [3.63, 3.8) is 0 Å². The Morgan fingerprint density at radius 2 is 1.94 bits per heavy atom. The van der Waals surface area contributed by atoms with Gasteiger partial charge in [-0.05, 0) is 55.9 Å². The van der Waals surface area contributed by atoms with Crippen LogP contribution in [-0.2, 0) is 4.79 Å². The van der Waals surface area contributed by atoms with Crippen LogP contribution in [-0.4, -0.2) is 37.0 Å². The molecule has 0 bridgehead atoms. The highest BCUT2D eigenvalue weighted by Crippen LogP contribution is 2.35. The van der Waals surface area contributed by atoms with E-state index in [0.717, 1.165) is 5.56 Å². The summed E-state index contributed by atoms with van der Waals surface area (Å²) >= 11 is 5.30. The molecule has 0 aliphatic carbocycles. The molecule has 164 valence electrons. The summed E-state index contributed by atoms with van der Waals surface area (Å²) < 4.78 is 16.1. The highest BCUT2D eigenvalue weighted by atomic mass is 32.1. The highest BCUT2D eigenvalue weighted by Gasteiger charge is 2.31. The van der Waals surface area contributed by atoms with Crippen LogP contribution < -0.4 is 30.2 Å². The van der Waals surface area contributed by atoms with Crippen molar-refractivity contribution in [1.82, 2.24) is 10.6 Å². The molecule has 2 aromatic carbocycles. The monoisotopic (exact) mass is 443 g/mol. The third-order valence-corrected chi connectivity index (χ3v) is 5.01. The number of ether oxygens (including phenoxy) is 3. The fraction of sp³-hybridized carbons (Fsp3) is 0.273. The number of phenolic OH excluding ortho intramolecular Hbond substituents is 1. The average molecular weight is 444 g/mol. The van der Waals surface area contributed by atoms with E-state index in [-0.39, 0.29) is 11.7 Å². The zero-order valence-corrected chi connectivity index (χ0v) is 18.6. The number of carbonyl (C=O) groups is 1. The van der Waals surface area contributed by atoms with Gasteiger partial charge in [0.25, 0.3) is 5.91 Å². The Hall–Kier alpha value is -3.46. The Morgan fingerprint density at radius 1 is 1.16 bits per heavy atom. The standard InChI is InChI=1S/C22H25N3O5S/c1-5-30-18-10-13(6-9-16(18)26)20-19(12(2)23-22(31)25-20)21(27)24-15-8-7-14(28-3)11-17(15)29-4/h6-11,20,26H,5H2,1-4H3,(H,24,27)(H2,23,25,31). The molecule has 1 aliphatic heterocycles. The van der Waals surface area contributed by atoms with Gasteiger partial charge in [0, 0.05) is 11.8 Å². The number of thiocarbonyl (C=S) groups is 1. The van der Waals surface area contributed by atoms with Crippen LogP contribution in [0.15, 0.2) is 47.7 Å². The number of nitrogens with one attached hydrogen (secondary N) is 3. The van der Waals surface area contributed by atoms with E-state index in [1.807, 2.05) is 6.92 Å². The van der Waals surface area contributed by atoms with Gasteiger partial charge >= 0.3 is 0 Å². The summed E-state index contributed by atoms with van der Waals surface area (Å²) in [6.07, 6.45) is 0. The molecule has 2 aromatic rings. The van der Waals surface area contributed by atoms with Gasteiger partial charge in [-0.25, -0.2) is 0 Å². The SMILES string of the molecule is CCOc1cc(C2NC(=S)NC(C)=C2C(=O)Nc2ccc(OC)cc2OC)ccc1O. The van der Waals surface area contributed by atoms with Crippen molar-refractivity contribution in [3.8, 4) is 23.0 Å². The zero-order valence-electron chi connectivity index (χ0n) is 17.7. The minimum absolute atomic E-state index is 0.0248. The maximum absolute atomic E-state index is 13.3. The molecule has 1 unspecified atom stereocenters. The number of allylic oxidation sites excluding steroid dienone is 1. The maximum atomic E-state index is 13.3. The van der Waals surface area contributed by atoms with Crippen molar-refractivity contribution in [3.05, 3.63) is 53.2 Å². The molecule has 0 aromatic heterocycles. The number of methoxy groups -OCH3 is 2. The van der Waals surface area contributed by atoms with Crippen LogP contribution in [0.25, 0.3) is 0 Å². The van der Waals surface area contributed by atoms with Gasteiger partial charge in [0.2, 0.25) is 0 Å². The largest absolute Gasteiger partial charge is 0.504 e. The summed E-state index contributed by atoms with van der Waals surface area (Å²) in [7, 11) is 3.08. The molecule has 1 atom stereocenters. The normalized spacial score (nSPS) is 15.6. The van der Waals surface area contributed by atoms with Crippen LogP contribution in [0.4, 0.5) is 5.69 Å². The van der Waals surface area contributed by atoms with Gasteiger partial charge in [-0.1, -0.05) is 6.07 Å². The van der Waals surface area contributed by atoms with Crippen molar-refractivity contribution in [2.45, 2.75) is 19.9 Å². The van der Waals surface area contributed by atoms with Crippen LogP contribution in [0.1, 0.15) is 25.5 Å². The lowest BCUT2D eigenvalue weighted by Gasteiger charge is -2.30. The predicted molar refractivity (Wildman–Crippen MR) is 122 cm³/mol. The number of hydrogen-bond acceptors (Lipinski definition) is 6. The Balaban J connectivity index is 1.97. The van der Waals surface area contributed by atoms with Gasteiger partial charge in [-0.15, -0.1) is 0 Å². The maximum Gasteiger partial charge on any atom is 0.255 e. The summed E-state index contributed by atoms with van der Waals surface area (Å²) in [6.45, 7) is 4.01. The van der Waals surface area contributed by atoms with Crippen LogP contribution in [0, 0.1) is 0 Å². The van der Waals surface area contributed by atoms with Crippen LogP contribution in [0.3, 0.4) is 0 Å². The first-order valence-corrected chi connectivity index (χ1v) is 10.1. The molecular weight excluding hydrogens is 418 g/mol. The number of aromatic hydroxyl groups is 1. The van der Waals surface area contributed by atoms with Crippen LogP contribution in [0.2, 0.25) is 0 Å². The lowest BCUT2D eigenvalue weighted by atomic mass is 9.94. The fourth-order valence-corrected chi connectivity index (χ4v) is 3.59. The number of rotatable bonds is 7. The number of carbonyl (C=O) groups excluding carboxylic acids is 1. The van der Waals surface area contributed by atoms with Gasteiger partial charge in [0.15, 0.2) is 16.6 Å². The minimum Gasteiger partial charge on any atom is -0.504 e. The quantitative estimate of drug-likeness (QED) is 0.484. The Labute approximate surface area is 186 Å². The summed E-state index contributed by atoms with van der Waals surface area (Å²) in [5, 5.41) is 19.5. The lowest BCUT2D eigenvalue weighted by molar-refractivity contribution is -0.113. The molecule has 9 heteroatoms. The smallest absolute Gasteiger partial charge is 0.255 e. The molecule has 0 saturated heterocycles. The Bertz CT molecular complexity index is 1040. The molecule has 8 nitrogen and oxygen atoms in total. The topological polar surface area (TPSA) is 101 Å². The second-order valence-electron chi connectivity index (χ2n) is 6.75. The van der Waals surface area contributed by atoms with E-state index < -0.39 is 6.04 Å². The fourth-order valence-electron chi connectivity index (χ4n) is 3.32. The molecule has 3 rings (SSSR count). The van der Waals surface area contributed by atoms with E-state index in [2.05, 4.69) is 16.0 Å². The molecule has 1 heterocycles. The van der Waals surface area contributed by atoms with Gasteiger partial charge < -0.3 is 35.3 Å². The highest BCUT2D eigenvalue weighted by molar-refractivity contribution is 7.80. The molecule has 0 saturated carbocycles. The van der Waals surface area contributed by atoms with E-state index in [9.17, 15) is 9.90 Å².